The molecule has 4 rings (SSSR count). The maximum atomic E-state index is 13.2. The zero-order valence-corrected chi connectivity index (χ0v) is 15.9. The van der Waals surface area contributed by atoms with Crippen molar-refractivity contribution in [2.75, 3.05) is 5.32 Å². The molecule has 0 aliphatic carbocycles. The van der Waals surface area contributed by atoms with E-state index in [1.165, 1.54) is 22.8 Å². The van der Waals surface area contributed by atoms with Gasteiger partial charge in [-0.2, -0.15) is 4.90 Å². The van der Waals surface area contributed by atoms with Crippen LogP contribution in [0.2, 0.25) is 0 Å². The van der Waals surface area contributed by atoms with Gasteiger partial charge in [0.2, 0.25) is 0 Å². The summed E-state index contributed by atoms with van der Waals surface area (Å²) in [6, 6.07) is 17.8. The Morgan fingerprint density at radius 3 is 2.59 bits per heavy atom. The fraction of sp³-hybridized carbons (Fsp3) is 0.0455. The predicted octanol–water partition coefficient (Wildman–Crippen LogP) is 3.74. The molecule has 0 saturated heterocycles. The number of halogens is 1. The number of fused-ring (bicyclic) bond motifs is 1. The van der Waals surface area contributed by atoms with Crippen molar-refractivity contribution < 1.29 is 9.18 Å². The molecule has 0 bridgehead atoms. The first-order valence-electron chi connectivity index (χ1n) is 8.83. The molecule has 4 aromatic rings. The van der Waals surface area contributed by atoms with E-state index in [1.807, 2.05) is 0 Å². The van der Waals surface area contributed by atoms with Crippen molar-refractivity contribution in [3.8, 4) is 0 Å². The average Bonchev–Trinajstić information content (AvgIpc) is 2.73. The van der Waals surface area contributed by atoms with E-state index < -0.39 is 11.5 Å². The van der Waals surface area contributed by atoms with Crippen LogP contribution < -0.4 is 10.9 Å². The van der Waals surface area contributed by atoms with Crippen molar-refractivity contribution in [2.24, 2.45) is 0 Å². The van der Waals surface area contributed by atoms with Crippen molar-refractivity contribution in [2.45, 2.75) is 11.4 Å². The van der Waals surface area contributed by atoms with Crippen LogP contribution in [0.5, 0.6) is 0 Å². The maximum absolute atomic E-state index is 13.2. The van der Waals surface area contributed by atoms with Crippen LogP contribution in [0.1, 0.15) is 15.9 Å². The molecule has 0 saturated carbocycles. The minimum atomic E-state index is -0.550. The van der Waals surface area contributed by atoms with Gasteiger partial charge in [-0.05, 0) is 42.0 Å². The zero-order chi connectivity index (χ0) is 20.4. The third kappa shape index (κ3) is 3.86. The second-order valence-electron chi connectivity index (χ2n) is 6.44. The number of anilines is 1. The number of hydrogen-bond donors (Lipinski definition) is 1. The Kier molecular flexibility index (Phi) is 5.05. The van der Waals surface area contributed by atoms with Crippen LogP contribution >= 0.6 is 0 Å². The summed E-state index contributed by atoms with van der Waals surface area (Å²) in [5.41, 5.74) is 1.12. The largest absolute Gasteiger partial charge is 0.778 e. The van der Waals surface area contributed by atoms with Crippen molar-refractivity contribution in [1.82, 2.24) is 9.55 Å². The molecule has 0 unspecified atom stereocenters. The van der Waals surface area contributed by atoms with Crippen LogP contribution in [-0.4, -0.2) is 15.5 Å². The molecule has 1 N–H and O–H groups in total. The monoisotopic (exact) mass is 404 g/mol. The number of nitrogens with one attached hydrogen (secondary N) is 1. The van der Waals surface area contributed by atoms with E-state index in [2.05, 4.69) is 10.3 Å². The molecule has 144 valence electrons. The minimum absolute atomic E-state index is 0.0223. The average molecular weight is 404 g/mol. The molecule has 29 heavy (non-hydrogen) atoms. The third-order valence-corrected chi connectivity index (χ3v) is 4.84. The molecule has 5 nitrogen and oxygen atoms in total. The van der Waals surface area contributed by atoms with Gasteiger partial charge >= 0.3 is 0 Å². The Hall–Kier alpha value is -3.58. The van der Waals surface area contributed by atoms with E-state index in [0.717, 1.165) is 0 Å². The summed E-state index contributed by atoms with van der Waals surface area (Å²) >= 11 is 5.21. The SMILES string of the molecule is O=C(Nc1ccccc1[S-])c1cc2cccnc2n(Cc2ccc(F)cc2)c1=O. The van der Waals surface area contributed by atoms with Gasteiger partial charge in [0.25, 0.3) is 11.5 Å². The van der Waals surface area contributed by atoms with Crippen LogP contribution in [-0.2, 0) is 19.2 Å². The number of carbonyl (C=O) groups excluding carboxylic acids is 1. The first-order valence-corrected chi connectivity index (χ1v) is 9.24. The quantitative estimate of drug-likeness (QED) is 0.527. The Morgan fingerprint density at radius 2 is 1.83 bits per heavy atom. The van der Waals surface area contributed by atoms with Crippen LogP contribution in [0.3, 0.4) is 0 Å². The fourth-order valence-corrected chi connectivity index (χ4v) is 3.25. The second kappa shape index (κ2) is 7.81. The standard InChI is InChI=1S/C22H16FN3O2S/c23-16-9-7-14(8-10-16)13-26-20-15(4-3-11-24-20)12-17(22(26)28)21(27)25-18-5-1-2-6-19(18)29/h1-12,29H,13H2,(H,25,27)/p-1. The lowest BCUT2D eigenvalue weighted by Gasteiger charge is -2.15. The lowest BCUT2D eigenvalue weighted by Crippen LogP contribution is -2.30. The summed E-state index contributed by atoms with van der Waals surface area (Å²) in [7, 11) is 0. The highest BCUT2D eigenvalue weighted by atomic mass is 32.1. The number of hydrogen-bond acceptors (Lipinski definition) is 4. The molecule has 2 heterocycles. The van der Waals surface area contributed by atoms with Crippen LogP contribution in [0.4, 0.5) is 10.1 Å². The lowest BCUT2D eigenvalue weighted by atomic mass is 10.1. The van der Waals surface area contributed by atoms with E-state index in [-0.39, 0.29) is 17.9 Å². The second-order valence-corrected chi connectivity index (χ2v) is 6.88. The molecular weight excluding hydrogens is 389 g/mol. The molecule has 0 atom stereocenters. The molecule has 0 aliphatic heterocycles. The summed E-state index contributed by atoms with van der Waals surface area (Å²) in [6.07, 6.45) is 1.58. The Labute approximate surface area is 171 Å². The van der Waals surface area contributed by atoms with Crippen molar-refractivity contribution in [3.63, 3.8) is 0 Å². The van der Waals surface area contributed by atoms with E-state index in [9.17, 15) is 14.0 Å². The van der Waals surface area contributed by atoms with Crippen molar-refractivity contribution >= 4 is 35.3 Å². The van der Waals surface area contributed by atoms with Gasteiger partial charge in [-0.1, -0.05) is 30.3 Å². The summed E-state index contributed by atoms with van der Waals surface area (Å²) in [5, 5.41) is 3.35. The number of pyridine rings is 2. The van der Waals surface area contributed by atoms with Gasteiger partial charge in [-0.15, -0.1) is 0 Å². The zero-order valence-electron chi connectivity index (χ0n) is 15.1. The first kappa shape index (κ1) is 18.8. The van der Waals surface area contributed by atoms with E-state index >= 15 is 0 Å². The van der Waals surface area contributed by atoms with Gasteiger partial charge < -0.3 is 17.9 Å². The summed E-state index contributed by atoms with van der Waals surface area (Å²) in [5.74, 6) is -0.911. The maximum Gasteiger partial charge on any atom is 0.265 e. The van der Waals surface area contributed by atoms with Crippen molar-refractivity contribution in [1.29, 1.82) is 0 Å². The topological polar surface area (TPSA) is 64.0 Å². The normalized spacial score (nSPS) is 10.8. The smallest absolute Gasteiger partial charge is 0.265 e. The Balaban J connectivity index is 1.80. The van der Waals surface area contributed by atoms with Crippen LogP contribution in [0, 0.1) is 5.82 Å². The van der Waals surface area contributed by atoms with E-state index in [4.69, 9.17) is 12.6 Å². The lowest BCUT2D eigenvalue weighted by molar-refractivity contribution is 0.102. The van der Waals surface area contributed by atoms with Crippen LogP contribution in [0.15, 0.2) is 82.6 Å². The number of nitrogens with zero attached hydrogens (tertiary/aromatic N) is 2. The van der Waals surface area contributed by atoms with Crippen LogP contribution in [0.25, 0.3) is 11.0 Å². The number of benzene rings is 2. The van der Waals surface area contributed by atoms with Crippen molar-refractivity contribution in [3.05, 3.63) is 100 Å². The van der Waals surface area contributed by atoms with Gasteiger partial charge in [0, 0.05) is 17.3 Å². The fourth-order valence-electron chi connectivity index (χ4n) is 3.05. The number of carbonyl (C=O) groups is 1. The third-order valence-electron chi connectivity index (χ3n) is 4.48. The van der Waals surface area contributed by atoms with Gasteiger partial charge in [-0.3, -0.25) is 14.2 Å². The first-order chi connectivity index (χ1) is 14.0. The number of aromatic nitrogens is 2. The molecule has 0 fully saturated rings. The number of amides is 1. The summed E-state index contributed by atoms with van der Waals surface area (Å²) in [4.78, 5) is 30.7. The Bertz CT molecular complexity index is 1270. The molecule has 0 aliphatic rings. The minimum Gasteiger partial charge on any atom is -0.778 e. The predicted molar refractivity (Wildman–Crippen MR) is 112 cm³/mol. The summed E-state index contributed by atoms with van der Waals surface area (Å²) in [6.45, 7) is 0.158. The highest BCUT2D eigenvalue weighted by Crippen LogP contribution is 2.17. The molecule has 2 aromatic carbocycles. The molecule has 0 spiro atoms. The van der Waals surface area contributed by atoms with Gasteiger partial charge in [-0.25, -0.2) is 9.37 Å². The van der Waals surface area contributed by atoms with Gasteiger partial charge in [0.1, 0.15) is 17.0 Å². The molecule has 1 amide bonds. The van der Waals surface area contributed by atoms with E-state index in [0.29, 0.717) is 27.2 Å². The molecular formula is C22H15FN3O2S-. The van der Waals surface area contributed by atoms with Gasteiger partial charge in [0.15, 0.2) is 0 Å². The molecule has 7 heteroatoms. The van der Waals surface area contributed by atoms with Gasteiger partial charge in [0.05, 0.1) is 6.54 Å². The number of rotatable bonds is 4. The summed E-state index contributed by atoms with van der Waals surface area (Å²) < 4.78 is 14.6. The molecule has 0 radical (unpaired) electrons. The Morgan fingerprint density at radius 1 is 1.07 bits per heavy atom. The highest BCUT2D eigenvalue weighted by molar-refractivity contribution is 7.59. The van der Waals surface area contributed by atoms with E-state index in [1.54, 1.807) is 54.7 Å². The molecule has 2 aromatic heterocycles. The highest BCUT2D eigenvalue weighted by Gasteiger charge is 2.17. The number of para-hydroxylation sites is 1.